The third kappa shape index (κ3) is 3.85. The molecule has 0 saturated heterocycles. The van der Waals surface area contributed by atoms with Crippen LogP contribution in [-0.2, 0) is 12.0 Å². The van der Waals surface area contributed by atoms with E-state index in [2.05, 4.69) is 63.9 Å². The molecular formula is C22H31N3O. The maximum Gasteiger partial charge on any atom is 0.120 e. The molecule has 0 radical (unpaired) electrons. The Morgan fingerprint density at radius 2 is 1.85 bits per heavy atom. The predicted octanol–water partition coefficient (Wildman–Crippen LogP) is 4.62. The number of likely N-dealkylation sites (N-methyl/N-ethyl adjacent to an activating group) is 1. The van der Waals surface area contributed by atoms with Gasteiger partial charge >= 0.3 is 0 Å². The number of phenols is 1. The van der Waals surface area contributed by atoms with Crippen LogP contribution in [-0.4, -0.2) is 34.0 Å². The van der Waals surface area contributed by atoms with Crippen LogP contribution in [0.2, 0.25) is 0 Å². The van der Waals surface area contributed by atoms with E-state index in [1.54, 1.807) is 0 Å². The van der Waals surface area contributed by atoms with Gasteiger partial charge in [0.05, 0.1) is 18.3 Å². The highest BCUT2D eigenvalue weighted by molar-refractivity contribution is 6.02. The summed E-state index contributed by atoms with van der Waals surface area (Å²) in [7, 11) is 2.04. The van der Waals surface area contributed by atoms with E-state index in [1.165, 1.54) is 5.56 Å². The van der Waals surface area contributed by atoms with E-state index in [1.807, 2.05) is 30.4 Å². The van der Waals surface area contributed by atoms with E-state index in [-0.39, 0.29) is 16.9 Å². The van der Waals surface area contributed by atoms with E-state index in [0.717, 1.165) is 17.7 Å². The number of aromatic hydroxyl groups is 1. The largest absolute Gasteiger partial charge is 0.508 e. The van der Waals surface area contributed by atoms with Crippen LogP contribution in [0, 0.1) is 5.41 Å². The van der Waals surface area contributed by atoms with Crippen molar-refractivity contribution in [3.8, 4) is 5.75 Å². The lowest BCUT2D eigenvalue weighted by atomic mass is 9.72. The van der Waals surface area contributed by atoms with Gasteiger partial charge in [0.2, 0.25) is 0 Å². The smallest absolute Gasteiger partial charge is 0.120 e. The second-order valence-corrected chi connectivity index (χ2v) is 9.28. The second-order valence-electron chi connectivity index (χ2n) is 9.28. The number of fused-ring (bicyclic) bond motifs is 1. The molecule has 1 aliphatic heterocycles. The Morgan fingerprint density at radius 1 is 1.12 bits per heavy atom. The number of hydrazine groups is 1. The zero-order valence-corrected chi connectivity index (χ0v) is 16.8. The van der Waals surface area contributed by atoms with Crippen molar-refractivity contribution >= 4 is 5.71 Å². The fourth-order valence-electron chi connectivity index (χ4n) is 4.14. The van der Waals surface area contributed by atoms with Crippen LogP contribution in [0.15, 0.2) is 47.6 Å². The van der Waals surface area contributed by atoms with Crippen molar-refractivity contribution < 1.29 is 5.11 Å². The molecule has 1 heterocycles. The van der Waals surface area contributed by atoms with Crippen LogP contribution in [0.1, 0.15) is 52.2 Å². The molecule has 1 aromatic rings. The summed E-state index contributed by atoms with van der Waals surface area (Å²) in [5.74, 6) is 0.329. The molecule has 1 N–H and O–H groups in total. The number of allylic oxidation sites excluding steroid dienone is 2. The number of nitrogens with zero attached hydrogens (tertiary/aromatic N) is 3. The number of hydrogen-bond donors (Lipinski definition) is 1. The van der Waals surface area contributed by atoms with Crippen molar-refractivity contribution in [2.45, 2.75) is 59.0 Å². The standard InChI is InChI=1S/C22H31N3O/c1-21(2,3)15-22(4,5)17-11-12-20(26)16(13-17)14-25-23-18-9-7-8-10-19(18)24(25)6/h7-13,19,26H,14-15H2,1-6H3. The molecule has 0 saturated carbocycles. The van der Waals surface area contributed by atoms with Gasteiger partial charge in [0.25, 0.3) is 0 Å². The molecule has 2 aliphatic rings. The van der Waals surface area contributed by atoms with Crippen LogP contribution < -0.4 is 0 Å². The van der Waals surface area contributed by atoms with Gasteiger partial charge in [0, 0.05) is 12.6 Å². The van der Waals surface area contributed by atoms with Crippen LogP contribution in [0.25, 0.3) is 0 Å². The molecule has 3 rings (SSSR count). The van der Waals surface area contributed by atoms with Gasteiger partial charge in [-0.3, -0.25) is 0 Å². The van der Waals surface area contributed by atoms with Crippen molar-refractivity contribution in [2.75, 3.05) is 7.05 Å². The molecule has 1 aliphatic carbocycles. The van der Waals surface area contributed by atoms with E-state index >= 15 is 0 Å². The highest BCUT2D eigenvalue weighted by Gasteiger charge is 2.31. The minimum atomic E-state index is 0.0446. The van der Waals surface area contributed by atoms with Gasteiger partial charge in [-0.15, -0.1) is 0 Å². The van der Waals surface area contributed by atoms with E-state index in [9.17, 15) is 5.11 Å². The quantitative estimate of drug-likeness (QED) is 0.858. The molecule has 0 aromatic heterocycles. The molecular weight excluding hydrogens is 322 g/mol. The Bertz CT molecular complexity index is 768. The lowest BCUT2D eigenvalue weighted by molar-refractivity contribution is 0.00938. The molecule has 140 valence electrons. The van der Waals surface area contributed by atoms with Gasteiger partial charge in [0.1, 0.15) is 5.75 Å². The summed E-state index contributed by atoms with van der Waals surface area (Å²) < 4.78 is 0. The van der Waals surface area contributed by atoms with Crippen molar-refractivity contribution in [1.29, 1.82) is 0 Å². The Labute approximate surface area is 157 Å². The molecule has 26 heavy (non-hydrogen) atoms. The Balaban J connectivity index is 1.84. The molecule has 4 nitrogen and oxygen atoms in total. The van der Waals surface area contributed by atoms with Crippen LogP contribution in [0.5, 0.6) is 5.75 Å². The summed E-state index contributed by atoms with van der Waals surface area (Å²) in [6.07, 6.45) is 9.33. The van der Waals surface area contributed by atoms with Gasteiger partial charge < -0.3 is 5.11 Å². The van der Waals surface area contributed by atoms with Gasteiger partial charge in [-0.2, -0.15) is 10.1 Å². The third-order valence-corrected chi connectivity index (χ3v) is 5.12. The normalized spacial score (nSPS) is 20.5. The third-order valence-electron chi connectivity index (χ3n) is 5.12. The average molecular weight is 354 g/mol. The van der Waals surface area contributed by atoms with Crippen molar-refractivity contribution in [3.05, 3.63) is 53.6 Å². The zero-order valence-electron chi connectivity index (χ0n) is 16.8. The number of hydrogen-bond acceptors (Lipinski definition) is 4. The number of benzene rings is 1. The topological polar surface area (TPSA) is 39.1 Å². The molecule has 1 atom stereocenters. The molecule has 0 amide bonds. The molecule has 0 spiro atoms. The maximum absolute atomic E-state index is 10.4. The maximum atomic E-state index is 10.4. The first-order valence-electron chi connectivity index (χ1n) is 9.33. The fraction of sp³-hybridized carbons (Fsp3) is 0.500. The first kappa shape index (κ1) is 18.7. The van der Waals surface area contributed by atoms with Gasteiger partial charge in [0.15, 0.2) is 0 Å². The molecule has 4 heteroatoms. The fourth-order valence-corrected chi connectivity index (χ4v) is 4.14. The van der Waals surface area contributed by atoms with Gasteiger partial charge in [-0.05, 0) is 41.0 Å². The summed E-state index contributed by atoms with van der Waals surface area (Å²) in [5, 5.41) is 19.2. The van der Waals surface area contributed by atoms with Gasteiger partial charge in [-0.1, -0.05) is 58.9 Å². The van der Waals surface area contributed by atoms with Crippen molar-refractivity contribution in [2.24, 2.45) is 10.5 Å². The van der Waals surface area contributed by atoms with Crippen molar-refractivity contribution in [1.82, 2.24) is 10.1 Å². The monoisotopic (exact) mass is 353 g/mol. The lowest BCUT2D eigenvalue weighted by Gasteiger charge is -2.33. The molecule has 0 bridgehead atoms. The summed E-state index contributed by atoms with van der Waals surface area (Å²) >= 11 is 0. The van der Waals surface area contributed by atoms with E-state index in [4.69, 9.17) is 5.10 Å². The predicted molar refractivity (Wildman–Crippen MR) is 108 cm³/mol. The zero-order chi connectivity index (χ0) is 19.1. The van der Waals surface area contributed by atoms with Crippen LogP contribution in [0.3, 0.4) is 0 Å². The average Bonchev–Trinajstić information content (AvgIpc) is 2.84. The summed E-state index contributed by atoms with van der Waals surface area (Å²) in [5.41, 5.74) is 3.50. The highest BCUT2D eigenvalue weighted by atomic mass is 16.3. The Hall–Kier alpha value is -2.07. The Kier molecular flexibility index (Phi) is 4.74. The van der Waals surface area contributed by atoms with E-state index in [0.29, 0.717) is 12.3 Å². The molecule has 1 aromatic carbocycles. The SMILES string of the molecule is CN1C2C=CC=CC2=NN1Cc1cc(C(C)(C)CC(C)(C)C)ccc1O. The number of rotatable bonds is 4. The first-order valence-corrected chi connectivity index (χ1v) is 9.33. The number of phenolic OH excluding ortho intramolecular Hbond substituents is 1. The van der Waals surface area contributed by atoms with Crippen LogP contribution >= 0.6 is 0 Å². The Morgan fingerprint density at radius 3 is 2.50 bits per heavy atom. The summed E-state index contributed by atoms with van der Waals surface area (Å²) in [6, 6.07) is 6.20. The summed E-state index contributed by atoms with van der Waals surface area (Å²) in [6.45, 7) is 11.9. The molecule has 1 unspecified atom stereocenters. The lowest BCUT2D eigenvalue weighted by Crippen LogP contribution is -2.38. The van der Waals surface area contributed by atoms with Gasteiger partial charge in [-0.25, -0.2) is 5.12 Å². The minimum Gasteiger partial charge on any atom is -0.508 e. The van der Waals surface area contributed by atoms with Crippen molar-refractivity contribution in [3.63, 3.8) is 0 Å². The minimum absolute atomic E-state index is 0.0446. The highest BCUT2D eigenvalue weighted by Crippen LogP contribution is 2.38. The second kappa shape index (κ2) is 6.58. The number of hydrazone groups is 1. The first-order chi connectivity index (χ1) is 12.1. The summed E-state index contributed by atoms with van der Waals surface area (Å²) in [4.78, 5) is 0. The van der Waals surface area contributed by atoms with Crippen LogP contribution in [0.4, 0.5) is 0 Å². The van der Waals surface area contributed by atoms with E-state index < -0.39 is 0 Å². The molecule has 0 fully saturated rings.